The molecule has 1 aromatic heterocycles. The highest BCUT2D eigenvalue weighted by Crippen LogP contribution is 2.07. The second-order valence-corrected chi connectivity index (χ2v) is 6.19. The van der Waals surface area contributed by atoms with Gasteiger partial charge in [-0.05, 0) is 47.4 Å². The molecule has 0 aromatic carbocycles. The topological polar surface area (TPSA) is 51.7 Å². The quantitative estimate of drug-likeness (QED) is 0.752. The van der Waals surface area contributed by atoms with Crippen molar-refractivity contribution in [3.8, 4) is 0 Å². The van der Waals surface area contributed by atoms with Crippen molar-refractivity contribution in [2.45, 2.75) is 0 Å². The molecule has 0 aliphatic carbocycles. The molecule has 0 aliphatic rings. The van der Waals surface area contributed by atoms with Crippen LogP contribution in [-0.4, -0.2) is 94.1 Å². The van der Waals surface area contributed by atoms with E-state index < -0.39 is 0 Å². The highest BCUT2D eigenvalue weighted by atomic mass is 35.5. The summed E-state index contributed by atoms with van der Waals surface area (Å²) in [6.07, 6.45) is 1.50. The van der Waals surface area contributed by atoms with Gasteiger partial charge in [0.1, 0.15) is 5.15 Å². The number of amides is 1. The molecule has 6 nitrogen and oxygen atoms in total. The van der Waals surface area contributed by atoms with Gasteiger partial charge in [-0.25, -0.2) is 4.98 Å². The first-order valence-corrected chi connectivity index (χ1v) is 7.96. The molecule has 0 saturated carbocycles. The van der Waals surface area contributed by atoms with Crippen LogP contribution in [0, 0.1) is 0 Å². The number of aromatic nitrogens is 1. The van der Waals surface area contributed by atoms with Crippen molar-refractivity contribution in [2.75, 3.05) is 68.5 Å². The molecule has 0 unspecified atom stereocenters. The summed E-state index contributed by atoms with van der Waals surface area (Å²) in [5.41, 5.74) is 0.561. The first-order chi connectivity index (χ1) is 10.8. The van der Waals surface area contributed by atoms with E-state index >= 15 is 0 Å². The van der Waals surface area contributed by atoms with Crippen LogP contribution in [0.4, 0.5) is 0 Å². The maximum Gasteiger partial charge on any atom is 0.255 e. The number of hydrogen-bond donors (Lipinski definition) is 1. The van der Waals surface area contributed by atoms with E-state index in [1.165, 1.54) is 6.20 Å². The minimum Gasteiger partial charge on any atom is -0.340 e. The van der Waals surface area contributed by atoms with Crippen LogP contribution in [0.5, 0.6) is 0 Å². The summed E-state index contributed by atoms with van der Waals surface area (Å²) in [6.45, 7) is 3.72. The van der Waals surface area contributed by atoms with Gasteiger partial charge < -0.3 is 20.0 Å². The Bertz CT molecular complexity index is 437. The number of carbonyl (C=O) groups is 1. The van der Waals surface area contributed by atoms with E-state index in [0.29, 0.717) is 17.3 Å². The van der Waals surface area contributed by atoms with Crippen LogP contribution in [0.2, 0.25) is 5.15 Å². The van der Waals surface area contributed by atoms with E-state index in [9.17, 15) is 4.79 Å². The Morgan fingerprint density at radius 1 is 1.09 bits per heavy atom. The lowest BCUT2D eigenvalue weighted by molar-refractivity contribution is 0.0786. The molecule has 0 radical (unpaired) electrons. The van der Waals surface area contributed by atoms with Gasteiger partial charge in [-0.2, -0.15) is 0 Å². The first kappa shape index (κ1) is 21.8. The fourth-order valence-corrected chi connectivity index (χ4v) is 1.62. The number of nitrogens with one attached hydrogen (secondary N) is 1. The number of likely N-dealkylation sites (N-methyl/N-ethyl adjacent to an activating group) is 4. The average molecular weight is 344 g/mol. The maximum atomic E-state index is 11.9. The first-order valence-electron chi connectivity index (χ1n) is 7.59. The van der Waals surface area contributed by atoms with Crippen molar-refractivity contribution < 1.29 is 4.79 Å². The molecule has 0 atom stereocenters. The number of hydrogen-bond acceptors (Lipinski definition) is 5. The Morgan fingerprint density at radius 2 is 1.70 bits per heavy atom. The molecular weight excluding hydrogens is 314 g/mol. The van der Waals surface area contributed by atoms with Gasteiger partial charge in [0.15, 0.2) is 0 Å². The second-order valence-electron chi connectivity index (χ2n) is 5.81. The van der Waals surface area contributed by atoms with Gasteiger partial charge in [0, 0.05) is 39.4 Å². The average Bonchev–Trinajstić information content (AvgIpc) is 2.51. The van der Waals surface area contributed by atoms with Crippen molar-refractivity contribution in [3.63, 3.8) is 0 Å². The Kier molecular flexibility index (Phi) is 11.6. The van der Waals surface area contributed by atoms with Crippen molar-refractivity contribution in [1.29, 1.82) is 0 Å². The van der Waals surface area contributed by atoms with Gasteiger partial charge in [0.25, 0.3) is 5.91 Å². The van der Waals surface area contributed by atoms with Crippen LogP contribution in [0.3, 0.4) is 0 Å². The second kappa shape index (κ2) is 12.2. The highest BCUT2D eigenvalue weighted by Gasteiger charge is 2.11. The molecule has 0 fully saturated rings. The summed E-state index contributed by atoms with van der Waals surface area (Å²) in [5, 5.41) is 3.45. The number of carbonyl (C=O) groups excluding carboxylic acids is 1. The lowest BCUT2D eigenvalue weighted by atomic mass is 10.2. The zero-order chi connectivity index (χ0) is 17.8. The van der Waals surface area contributed by atoms with E-state index in [4.69, 9.17) is 11.6 Å². The van der Waals surface area contributed by atoms with Gasteiger partial charge in [-0.1, -0.05) is 11.6 Å². The third kappa shape index (κ3) is 11.0. The smallest absolute Gasteiger partial charge is 0.255 e. The van der Waals surface area contributed by atoms with Crippen LogP contribution in [-0.2, 0) is 0 Å². The molecule has 1 amide bonds. The lowest BCUT2D eigenvalue weighted by Gasteiger charge is -2.19. The molecule has 7 heteroatoms. The van der Waals surface area contributed by atoms with Gasteiger partial charge in [-0.15, -0.1) is 0 Å². The molecule has 0 aliphatic heterocycles. The summed E-state index contributed by atoms with van der Waals surface area (Å²) in [4.78, 5) is 21.6. The number of pyridine rings is 1. The highest BCUT2D eigenvalue weighted by molar-refractivity contribution is 6.29. The normalized spacial score (nSPS) is 10.5. The van der Waals surface area contributed by atoms with E-state index in [1.54, 1.807) is 24.1 Å². The molecule has 1 rings (SSSR count). The summed E-state index contributed by atoms with van der Waals surface area (Å²) < 4.78 is 0. The van der Waals surface area contributed by atoms with Crippen LogP contribution in [0.15, 0.2) is 18.3 Å². The Hall–Kier alpha value is -1.21. The minimum absolute atomic E-state index is 0.0361. The molecule has 0 bridgehead atoms. The van der Waals surface area contributed by atoms with Gasteiger partial charge in [0.2, 0.25) is 0 Å². The van der Waals surface area contributed by atoms with Crippen LogP contribution < -0.4 is 5.32 Å². The third-order valence-electron chi connectivity index (χ3n) is 3.01. The monoisotopic (exact) mass is 343 g/mol. The van der Waals surface area contributed by atoms with Crippen molar-refractivity contribution in [1.82, 2.24) is 25.0 Å². The summed E-state index contributed by atoms with van der Waals surface area (Å²) in [7, 11) is 11.8. The number of rotatable bonds is 7. The molecule has 1 heterocycles. The maximum absolute atomic E-state index is 11.9. The fraction of sp³-hybridized carbons (Fsp3) is 0.625. The Labute approximate surface area is 145 Å². The SMILES string of the molecule is CN(C)CCN(C)C(=O)c1ccc(Cl)nc1.CNCCN(C)C. The zero-order valence-corrected chi connectivity index (χ0v) is 15.9. The molecule has 132 valence electrons. The summed E-state index contributed by atoms with van der Waals surface area (Å²) in [6, 6.07) is 3.30. The van der Waals surface area contributed by atoms with Crippen molar-refractivity contribution in [2.24, 2.45) is 0 Å². The largest absolute Gasteiger partial charge is 0.340 e. The van der Waals surface area contributed by atoms with E-state index in [1.807, 2.05) is 26.0 Å². The van der Waals surface area contributed by atoms with E-state index in [2.05, 4.69) is 29.3 Å². The van der Waals surface area contributed by atoms with Crippen molar-refractivity contribution >= 4 is 17.5 Å². The van der Waals surface area contributed by atoms with E-state index in [-0.39, 0.29) is 5.91 Å². The van der Waals surface area contributed by atoms with Gasteiger partial charge in [0.05, 0.1) is 5.56 Å². The molecular formula is C16H30ClN5O. The zero-order valence-electron chi connectivity index (χ0n) is 15.1. The molecule has 0 spiro atoms. The standard InChI is InChI=1S/C11H16ClN3O.C5H14N2/c1-14(2)6-7-15(3)11(16)9-4-5-10(12)13-8-9;1-6-4-5-7(2)3/h4-5,8H,6-7H2,1-3H3;6H,4-5H2,1-3H3. The summed E-state index contributed by atoms with van der Waals surface area (Å²) >= 11 is 5.66. The van der Waals surface area contributed by atoms with Crippen LogP contribution in [0.1, 0.15) is 10.4 Å². The molecule has 0 saturated heterocycles. The van der Waals surface area contributed by atoms with E-state index in [0.717, 1.165) is 19.6 Å². The van der Waals surface area contributed by atoms with Gasteiger partial charge >= 0.3 is 0 Å². The van der Waals surface area contributed by atoms with Crippen LogP contribution >= 0.6 is 11.6 Å². The Morgan fingerprint density at radius 3 is 2.09 bits per heavy atom. The number of nitrogens with zero attached hydrogens (tertiary/aromatic N) is 4. The summed E-state index contributed by atoms with van der Waals surface area (Å²) in [5.74, 6) is -0.0361. The van der Waals surface area contributed by atoms with Gasteiger partial charge in [-0.3, -0.25) is 4.79 Å². The molecule has 23 heavy (non-hydrogen) atoms. The fourth-order valence-electron chi connectivity index (χ4n) is 1.51. The number of halogens is 1. The van der Waals surface area contributed by atoms with Crippen molar-refractivity contribution in [3.05, 3.63) is 29.0 Å². The predicted octanol–water partition coefficient (Wildman–Crippen LogP) is 1.14. The molecule has 1 N–H and O–H groups in total. The minimum atomic E-state index is -0.0361. The Balaban J connectivity index is 0.000000585. The van der Waals surface area contributed by atoms with Crippen LogP contribution in [0.25, 0.3) is 0 Å². The third-order valence-corrected chi connectivity index (χ3v) is 3.24. The predicted molar refractivity (Wildman–Crippen MR) is 97.2 cm³/mol. The lowest BCUT2D eigenvalue weighted by Crippen LogP contribution is -2.33. The molecule has 1 aromatic rings.